The first kappa shape index (κ1) is 16.9. The SMILES string of the molecule is CC1(C(=O)C2(C)CC3CC2C2C(=O)OC(=O)C32)CC2CC1C1C(=O)OC(=O)C21. The maximum atomic E-state index is 14.0. The number of fused-ring (bicyclic) bond motifs is 10. The Morgan fingerprint density at radius 2 is 1.07 bits per heavy atom. The van der Waals surface area contributed by atoms with E-state index in [0.717, 1.165) is 0 Å². The van der Waals surface area contributed by atoms with E-state index >= 15 is 0 Å². The summed E-state index contributed by atoms with van der Waals surface area (Å²) in [5.41, 5.74) is -1.40. The zero-order chi connectivity index (χ0) is 19.7. The average molecular weight is 386 g/mol. The van der Waals surface area contributed by atoms with Gasteiger partial charge in [0.1, 0.15) is 5.78 Å². The van der Waals surface area contributed by atoms with Crippen LogP contribution in [0.2, 0.25) is 0 Å². The highest BCUT2D eigenvalue weighted by molar-refractivity contribution is 6.01. The number of hydrogen-bond acceptors (Lipinski definition) is 7. The van der Waals surface area contributed by atoms with Crippen LogP contribution >= 0.6 is 0 Å². The second-order valence-corrected chi connectivity index (χ2v) is 10.4. The van der Waals surface area contributed by atoms with E-state index in [1.807, 2.05) is 13.8 Å². The van der Waals surface area contributed by atoms with Crippen LogP contribution < -0.4 is 0 Å². The lowest BCUT2D eigenvalue weighted by molar-refractivity contribution is -0.156. The molecule has 4 saturated carbocycles. The lowest BCUT2D eigenvalue weighted by Crippen LogP contribution is -2.52. The summed E-state index contributed by atoms with van der Waals surface area (Å²) in [6, 6.07) is 0. The first-order valence-corrected chi connectivity index (χ1v) is 10.2. The fourth-order valence-corrected chi connectivity index (χ4v) is 8.40. The van der Waals surface area contributed by atoms with Crippen LogP contribution in [0.15, 0.2) is 0 Å². The van der Waals surface area contributed by atoms with Gasteiger partial charge in [0, 0.05) is 10.8 Å². The lowest BCUT2D eigenvalue weighted by Gasteiger charge is -2.45. The molecule has 0 amide bonds. The first-order valence-electron chi connectivity index (χ1n) is 10.2. The molecule has 0 N–H and O–H groups in total. The predicted octanol–water partition coefficient (Wildman–Crippen LogP) is 1.28. The quantitative estimate of drug-likeness (QED) is 0.520. The molecule has 148 valence electrons. The number of carbonyl (C=O) groups excluding carboxylic acids is 5. The number of ketones is 1. The summed E-state index contributed by atoms with van der Waals surface area (Å²) >= 11 is 0. The number of carbonyl (C=O) groups is 5. The molecule has 2 heterocycles. The third-order valence-electron chi connectivity index (χ3n) is 9.31. The summed E-state index contributed by atoms with van der Waals surface area (Å²) in [4.78, 5) is 62.6. The van der Waals surface area contributed by atoms with Gasteiger partial charge in [-0.05, 0) is 49.4 Å². The fraction of sp³-hybridized carbons (Fsp3) is 0.762. The summed E-state index contributed by atoms with van der Waals surface area (Å²) < 4.78 is 9.75. The van der Waals surface area contributed by atoms with Crippen LogP contribution in [-0.2, 0) is 33.4 Å². The van der Waals surface area contributed by atoms with Gasteiger partial charge in [0.2, 0.25) is 0 Å². The highest BCUT2D eigenvalue weighted by Gasteiger charge is 2.74. The van der Waals surface area contributed by atoms with Crippen LogP contribution in [-0.4, -0.2) is 29.7 Å². The zero-order valence-corrected chi connectivity index (χ0v) is 15.8. The van der Waals surface area contributed by atoms with Gasteiger partial charge in [-0.3, -0.25) is 24.0 Å². The normalized spacial score (nSPS) is 55.5. The summed E-state index contributed by atoms with van der Waals surface area (Å²) in [7, 11) is 0. The number of hydrogen-bond donors (Lipinski definition) is 0. The fourth-order valence-electron chi connectivity index (χ4n) is 8.40. The van der Waals surface area contributed by atoms with E-state index in [1.165, 1.54) is 0 Å². The third-order valence-corrected chi connectivity index (χ3v) is 9.31. The van der Waals surface area contributed by atoms with Crippen LogP contribution in [0.3, 0.4) is 0 Å². The van der Waals surface area contributed by atoms with Crippen molar-refractivity contribution in [3.63, 3.8) is 0 Å². The number of Topliss-reactive ketones (excluding diaryl/α,β-unsaturated/α-hetero) is 1. The molecule has 0 spiro atoms. The van der Waals surface area contributed by atoms with Crippen molar-refractivity contribution in [3.05, 3.63) is 0 Å². The van der Waals surface area contributed by atoms with Crippen molar-refractivity contribution in [3.8, 4) is 0 Å². The zero-order valence-electron chi connectivity index (χ0n) is 15.8. The van der Waals surface area contributed by atoms with Gasteiger partial charge in [0.15, 0.2) is 0 Å². The summed E-state index contributed by atoms with van der Waals surface area (Å²) in [5, 5.41) is 0. The van der Waals surface area contributed by atoms with Crippen molar-refractivity contribution in [2.45, 2.75) is 39.5 Å². The van der Waals surface area contributed by atoms with Crippen molar-refractivity contribution >= 4 is 29.7 Å². The van der Waals surface area contributed by atoms with Crippen LogP contribution in [0, 0.1) is 58.2 Å². The Morgan fingerprint density at radius 3 is 1.46 bits per heavy atom. The van der Waals surface area contributed by atoms with Crippen molar-refractivity contribution in [1.29, 1.82) is 0 Å². The van der Waals surface area contributed by atoms with Crippen molar-refractivity contribution in [2.24, 2.45) is 58.2 Å². The monoisotopic (exact) mass is 386 g/mol. The topological polar surface area (TPSA) is 104 Å². The van der Waals surface area contributed by atoms with Gasteiger partial charge in [0.05, 0.1) is 23.7 Å². The summed E-state index contributed by atoms with van der Waals surface area (Å²) in [5.74, 6) is -3.87. The van der Waals surface area contributed by atoms with Gasteiger partial charge in [-0.1, -0.05) is 13.8 Å². The van der Waals surface area contributed by atoms with Gasteiger partial charge in [0.25, 0.3) is 0 Å². The largest absolute Gasteiger partial charge is 0.393 e. The molecule has 4 aliphatic carbocycles. The molecule has 6 fully saturated rings. The molecular formula is C21H22O7. The van der Waals surface area contributed by atoms with E-state index in [-0.39, 0.29) is 29.5 Å². The Bertz CT molecular complexity index is 821. The Kier molecular flexibility index (Phi) is 2.85. The van der Waals surface area contributed by atoms with E-state index in [2.05, 4.69) is 0 Å². The van der Waals surface area contributed by atoms with Gasteiger partial charge in [-0.15, -0.1) is 0 Å². The van der Waals surface area contributed by atoms with Crippen LogP contribution in [0.5, 0.6) is 0 Å². The van der Waals surface area contributed by atoms with E-state index in [4.69, 9.17) is 9.47 Å². The van der Waals surface area contributed by atoms with Gasteiger partial charge in [-0.2, -0.15) is 0 Å². The van der Waals surface area contributed by atoms with E-state index in [1.54, 1.807) is 0 Å². The highest BCUT2D eigenvalue weighted by Crippen LogP contribution is 2.69. The minimum Gasteiger partial charge on any atom is -0.393 e. The molecule has 0 radical (unpaired) electrons. The average Bonchev–Trinajstić information content (AvgIpc) is 3.40. The van der Waals surface area contributed by atoms with Crippen molar-refractivity contribution in [1.82, 2.24) is 0 Å². The van der Waals surface area contributed by atoms with Gasteiger partial charge in [-0.25, -0.2) is 0 Å². The molecule has 7 heteroatoms. The Morgan fingerprint density at radius 1 is 0.714 bits per heavy atom. The molecule has 10 unspecified atom stereocenters. The second kappa shape index (κ2) is 4.74. The van der Waals surface area contributed by atoms with Gasteiger partial charge >= 0.3 is 23.9 Å². The molecule has 6 rings (SSSR count). The van der Waals surface area contributed by atoms with E-state index < -0.39 is 58.4 Å². The van der Waals surface area contributed by atoms with E-state index in [0.29, 0.717) is 25.7 Å². The van der Waals surface area contributed by atoms with Crippen molar-refractivity contribution in [2.75, 3.05) is 0 Å². The molecule has 0 aromatic carbocycles. The predicted molar refractivity (Wildman–Crippen MR) is 89.8 cm³/mol. The number of rotatable bonds is 2. The summed E-state index contributed by atoms with van der Waals surface area (Å²) in [6.07, 6.45) is 2.58. The molecule has 2 saturated heterocycles. The van der Waals surface area contributed by atoms with E-state index in [9.17, 15) is 24.0 Å². The van der Waals surface area contributed by atoms with Crippen molar-refractivity contribution < 1.29 is 33.4 Å². The number of esters is 4. The number of ether oxygens (including phenoxy) is 2. The maximum absolute atomic E-state index is 14.0. The van der Waals surface area contributed by atoms with Crippen LogP contribution in [0.1, 0.15) is 39.5 Å². The lowest BCUT2D eigenvalue weighted by atomic mass is 9.55. The maximum Gasteiger partial charge on any atom is 0.317 e. The molecule has 6 aliphatic rings. The Balaban J connectivity index is 1.34. The standard InChI is InChI=1S/C21H22O7/c1-20(5-7-3-9(20)13-11(7)15(22)27-17(13)24)19(26)21(2)6-8-4-10(21)14-12(8)16(23)28-18(14)25/h7-14H,3-6H2,1-2H3. The molecule has 0 aromatic rings. The molecule has 2 aliphatic heterocycles. The molecule has 28 heavy (non-hydrogen) atoms. The summed E-state index contributed by atoms with van der Waals surface area (Å²) in [6.45, 7) is 3.86. The molecule has 4 bridgehead atoms. The molecule has 10 atom stereocenters. The van der Waals surface area contributed by atoms with Gasteiger partial charge < -0.3 is 9.47 Å². The second-order valence-electron chi connectivity index (χ2n) is 10.4. The first-order chi connectivity index (χ1) is 13.2. The minimum absolute atomic E-state index is 0.0101. The Labute approximate surface area is 161 Å². The number of cyclic esters (lactones) is 4. The van der Waals surface area contributed by atoms with Crippen LogP contribution in [0.4, 0.5) is 0 Å². The minimum atomic E-state index is -0.698. The Hall–Kier alpha value is -2.05. The molecular weight excluding hydrogens is 364 g/mol. The highest BCUT2D eigenvalue weighted by atomic mass is 16.6. The third kappa shape index (κ3) is 1.63. The van der Waals surface area contributed by atoms with Crippen LogP contribution in [0.25, 0.3) is 0 Å². The molecule has 0 aromatic heterocycles. The smallest absolute Gasteiger partial charge is 0.317 e. The molecule has 7 nitrogen and oxygen atoms in total.